The second-order valence-corrected chi connectivity index (χ2v) is 6.29. The van der Waals surface area contributed by atoms with E-state index in [1.54, 1.807) is 19.2 Å². The van der Waals surface area contributed by atoms with Crippen molar-refractivity contribution in [3.8, 4) is 0 Å². The van der Waals surface area contributed by atoms with Gasteiger partial charge in [0.05, 0.1) is 11.5 Å². The molecule has 4 nitrogen and oxygen atoms in total. The van der Waals surface area contributed by atoms with Crippen LogP contribution in [0.1, 0.15) is 32.3 Å². The Balaban J connectivity index is 2.81. The third kappa shape index (κ3) is 4.93. The highest BCUT2D eigenvalue weighted by Gasteiger charge is 2.18. The lowest BCUT2D eigenvalue weighted by Gasteiger charge is -2.16. The topological polar surface area (TPSA) is 55.4 Å². The van der Waals surface area contributed by atoms with Crippen LogP contribution in [-0.4, -0.2) is 28.2 Å². The molecule has 1 atom stereocenters. The molecule has 0 aliphatic carbocycles. The zero-order chi connectivity index (χ0) is 14.3. The summed E-state index contributed by atoms with van der Waals surface area (Å²) in [4.78, 5) is 0.307. The van der Waals surface area contributed by atoms with Gasteiger partial charge in [0.1, 0.15) is 0 Å². The van der Waals surface area contributed by atoms with Crippen molar-refractivity contribution in [2.45, 2.75) is 44.0 Å². The van der Waals surface area contributed by atoms with Crippen LogP contribution >= 0.6 is 0 Å². The Bertz CT molecular complexity index is 468. The van der Waals surface area contributed by atoms with E-state index in [9.17, 15) is 8.42 Å². The third-order valence-corrected chi connectivity index (χ3v) is 4.49. The van der Waals surface area contributed by atoms with Gasteiger partial charge in [-0.1, -0.05) is 32.4 Å². The number of benzene rings is 1. The van der Waals surface area contributed by atoms with Crippen LogP contribution in [0.5, 0.6) is 0 Å². The fraction of sp³-hybridized carbons (Fsp3) is 0.571. The summed E-state index contributed by atoms with van der Waals surface area (Å²) in [6.07, 6.45) is 2.71. The van der Waals surface area contributed by atoms with E-state index in [0.29, 0.717) is 17.9 Å². The van der Waals surface area contributed by atoms with E-state index >= 15 is 0 Å². The van der Waals surface area contributed by atoms with Crippen LogP contribution in [0.4, 0.5) is 0 Å². The molecule has 1 aromatic rings. The molecule has 1 rings (SSSR count). The van der Waals surface area contributed by atoms with E-state index in [4.69, 9.17) is 4.74 Å². The van der Waals surface area contributed by atoms with Crippen LogP contribution in [0.15, 0.2) is 29.2 Å². The van der Waals surface area contributed by atoms with E-state index in [1.165, 1.54) is 0 Å². The molecule has 0 aliphatic rings. The summed E-state index contributed by atoms with van der Waals surface area (Å²) in [5, 5.41) is 0. The summed E-state index contributed by atoms with van der Waals surface area (Å²) >= 11 is 0. The van der Waals surface area contributed by atoms with Gasteiger partial charge in [-0.15, -0.1) is 0 Å². The second kappa shape index (κ2) is 7.62. The van der Waals surface area contributed by atoms with Gasteiger partial charge in [0, 0.05) is 13.2 Å². The predicted molar refractivity (Wildman–Crippen MR) is 76.7 cm³/mol. The molecule has 0 radical (unpaired) electrons. The molecule has 1 aromatic carbocycles. The van der Waals surface area contributed by atoms with Gasteiger partial charge in [0.25, 0.3) is 0 Å². The Morgan fingerprint density at radius 3 is 2.32 bits per heavy atom. The summed E-state index contributed by atoms with van der Waals surface area (Å²) in [6, 6.07) is 6.87. The number of methoxy groups -OCH3 is 1. The Hall–Kier alpha value is -0.910. The number of aryl methyl sites for hydroxylation is 1. The van der Waals surface area contributed by atoms with Gasteiger partial charge in [0.15, 0.2) is 0 Å². The molecule has 0 saturated carbocycles. The van der Waals surface area contributed by atoms with E-state index in [1.807, 2.05) is 19.1 Å². The Morgan fingerprint density at radius 1 is 1.21 bits per heavy atom. The number of sulfonamides is 1. The van der Waals surface area contributed by atoms with Crippen molar-refractivity contribution in [1.29, 1.82) is 0 Å². The van der Waals surface area contributed by atoms with E-state index in [-0.39, 0.29) is 6.04 Å². The second-order valence-electron chi connectivity index (χ2n) is 4.58. The van der Waals surface area contributed by atoms with Crippen LogP contribution in [0.25, 0.3) is 0 Å². The first-order chi connectivity index (χ1) is 9.03. The van der Waals surface area contributed by atoms with Crippen molar-refractivity contribution in [2.24, 2.45) is 0 Å². The highest BCUT2D eigenvalue weighted by atomic mass is 32.2. The zero-order valence-electron chi connectivity index (χ0n) is 11.8. The maximum absolute atomic E-state index is 12.2. The molecule has 0 saturated heterocycles. The SMILES string of the molecule is CCCc1ccc(S(=O)(=O)NC(CC)COC)cc1. The monoisotopic (exact) mass is 285 g/mol. The van der Waals surface area contributed by atoms with Crippen LogP contribution in [0, 0.1) is 0 Å². The molecule has 0 aromatic heterocycles. The minimum Gasteiger partial charge on any atom is -0.383 e. The quantitative estimate of drug-likeness (QED) is 0.797. The number of nitrogens with one attached hydrogen (secondary N) is 1. The molecule has 108 valence electrons. The first kappa shape index (κ1) is 16.1. The molecule has 0 spiro atoms. The van der Waals surface area contributed by atoms with Gasteiger partial charge in [-0.2, -0.15) is 0 Å². The van der Waals surface area contributed by atoms with Gasteiger partial charge in [-0.3, -0.25) is 0 Å². The van der Waals surface area contributed by atoms with Crippen LogP contribution in [-0.2, 0) is 21.2 Å². The average molecular weight is 285 g/mol. The van der Waals surface area contributed by atoms with Gasteiger partial charge >= 0.3 is 0 Å². The molecule has 1 N–H and O–H groups in total. The fourth-order valence-electron chi connectivity index (χ4n) is 1.85. The zero-order valence-corrected chi connectivity index (χ0v) is 12.7. The third-order valence-electron chi connectivity index (χ3n) is 2.95. The number of hydrogen-bond acceptors (Lipinski definition) is 3. The van der Waals surface area contributed by atoms with E-state index in [0.717, 1.165) is 18.4 Å². The molecule has 5 heteroatoms. The number of hydrogen-bond donors (Lipinski definition) is 1. The molecule has 0 bridgehead atoms. The summed E-state index contributed by atoms with van der Waals surface area (Å²) < 4.78 is 32.0. The number of rotatable bonds is 8. The average Bonchev–Trinajstić information content (AvgIpc) is 2.39. The Kier molecular flexibility index (Phi) is 6.48. The van der Waals surface area contributed by atoms with Gasteiger partial charge in [-0.05, 0) is 30.5 Å². The molecule has 0 heterocycles. The fourth-order valence-corrected chi connectivity index (χ4v) is 3.15. The van der Waals surface area contributed by atoms with Gasteiger partial charge < -0.3 is 4.74 Å². The highest BCUT2D eigenvalue weighted by molar-refractivity contribution is 7.89. The lowest BCUT2D eigenvalue weighted by Crippen LogP contribution is -2.37. The largest absolute Gasteiger partial charge is 0.383 e. The smallest absolute Gasteiger partial charge is 0.240 e. The van der Waals surface area contributed by atoms with Crippen molar-refractivity contribution >= 4 is 10.0 Å². The molecule has 0 fully saturated rings. The molecule has 0 aliphatic heterocycles. The summed E-state index contributed by atoms with van der Waals surface area (Å²) in [5.41, 5.74) is 1.16. The standard InChI is InChI=1S/C14H23NO3S/c1-4-6-12-7-9-14(10-8-12)19(16,17)15-13(5-2)11-18-3/h7-10,13,15H,4-6,11H2,1-3H3. The Labute approximate surface area is 116 Å². The summed E-state index contributed by atoms with van der Waals surface area (Å²) in [6.45, 7) is 4.41. The van der Waals surface area contributed by atoms with Gasteiger partial charge in [-0.25, -0.2) is 13.1 Å². The van der Waals surface area contributed by atoms with Crippen LogP contribution in [0.2, 0.25) is 0 Å². The first-order valence-corrected chi connectivity index (χ1v) is 8.12. The maximum Gasteiger partial charge on any atom is 0.240 e. The van der Waals surface area contributed by atoms with E-state index in [2.05, 4.69) is 11.6 Å². The number of ether oxygens (including phenoxy) is 1. The van der Waals surface area contributed by atoms with Gasteiger partial charge in [0.2, 0.25) is 10.0 Å². The molecule has 0 amide bonds. The van der Waals surface area contributed by atoms with Crippen molar-refractivity contribution in [1.82, 2.24) is 4.72 Å². The lowest BCUT2D eigenvalue weighted by molar-refractivity contribution is 0.173. The summed E-state index contributed by atoms with van der Waals surface area (Å²) in [7, 11) is -1.89. The predicted octanol–water partition coefficient (Wildman–Crippen LogP) is 2.34. The molecular weight excluding hydrogens is 262 g/mol. The van der Waals surface area contributed by atoms with Crippen LogP contribution in [0.3, 0.4) is 0 Å². The lowest BCUT2D eigenvalue weighted by atomic mass is 10.1. The minimum absolute atomic E-state index is 0.190. The Morgan fingerprint density at radius 2 is 1.84 bits per heavy atom. The van der Waals surface area contributed by atoms with Crippen molar-refractivity contribution in [2.75, 3.05) is 13.7 Å². The molecular formula is C14H23NO3S. The molecule has 1 unspecified atom stereocenters. The minimum atomic E-state index is -3.46. The molecule has 19 heavy (non-hydrogen) atoms. The highest BCUT2D eigenvalue weighted by Crippen LogP contribution is 2.12. The van der Waals surface area contributed by atoms with Crippen molar-refractivity contribution < 1.29 is 13.2 Å². The maximum atomic E-state index is 12.2. The van der Waals surface area contributed by atoms with Crippen LogP contribution < -0.4 is 4.72 Å². The normalized spacial score (nSPS) is 13.4. The van der Waals surface area contributed by atoms with Crippen molar-refractivity contribution in [3.05, 3.63) is 29.8 Å². The summed E-state index contributed by atoms with van der Waals surface area (Å²) in [5.74, 6) is 0. The van der Waals surface area contributed by atoms with E-state index < -0.39 is 10.0 Å². The first-order valence-electron chi connectivity index (χ1n) is 6.63. The van der Waals surface area contributed by atoms with Crippen molar-refractivity contribution in [3.63, 3.8) is 0 Å².